The summed E-state index contributed by atoms with van der Waals surface area (Å²) in [6, 6.07) is 8.35. The largest absolute Gasteiger partial charge is 0.272 e. The minimum absolute atomic E-state index is 0.164. The second kappa shape index (κ2) is 4.39. The third-order valence-electron chi connectivity index (χ3n) is 4.17. The molecule has 18 heavy (non-hydrogen) atoms. The fourth-order valence-corrected chi connectivity index (χ4v) is 2.95. The Morgan fingerprint density at radius 2 is 2.17 bits per heavy atom. The third-order valence-corrected chi connectivity index (χ3v) is 4.17. The van der Waals surface area contributed by atoms with E-state index >= 15 is 0 Å². The molecule has 1 aliphatic heterocycles. The van der Waals surface area contributed by atoms with Gasteiger partial charge < -0.3 is 0 Å². The molecule has 1 heterocycles. The molecule has 0 bridgehead atoms. The van der Waals surface area contributed by atoms with Crippen LogP contribution in [-0.4, -0.2) is 24.1 Å². The van der Waals surface area contributed by atoms with E-state index in [1.54, 1.807) is 5.06 Å². The predicted molar refractivity (Wildman–Crippen MR) is 69.0 cm³/mol. The SMILES string of the molecule is Cc1cccc(C2(C(=O)N3CCCO3)CCC2)c1. The van der Waals surface area contributed by atoms with Gasteiger partial charge in [-0.15, -0.1) is 0 Å². The van der Waals surface area contributed by atoms with Crippen LogP contribution in [0.4, 0.5) is 0 Å². The number of hydrogen-bond acceptors (Lipinski definition) is 2. The van der Waals surface area contributed by atoms with E-state index in [9.17, 15) is 4.79 Å². The highest BCUT2D eigenvalue weighted by atomic mass is 16.7. The average Bonchev–Trinajstić information content (AvgIpc) is 2.80. The summed E-state index contributed by atoms with van der Waals surface area (Å²) in [6.07, 6.45) is 3.99. The van der Waals surface area contributed by atoms with Crippen molar-refractivity contribution in [2.75, 3.05) is 13.2 Å². The van der Waals surface area contributed by atoms with Gasteiger partial charge in [0.05, 0.1) is 18.6 Å². The summed E-state index contributed by atoms with van der Waals surface area (Å²) in [7, 11) is 0. The van der Waals surface area contributed by atoms with Gasteiger partial charge in [-0.2, -0.15) is 0 Å². The highest BCUT2D eigenvalue weighted by molar-refractivity contribution is 5.88. The van der Waals surface area contributed by atoms with E-state index in [-0.39, 0.29) is 11.3 Å². The van der Waals surface area contributed by atoms with Gasteiger partial charge in [0.2, 0.25) is 0 Å². The van der Waals surface area contributed by atoms with Crippen LogP contribution >= 0.6 is 0 Å². The Morgan fingerprint density at radius 3 is 2.72 bits per heavy atom. The van der Waals surface area contributed by atoms with Crippen LogP contribution < -0.4 is 0 Å². The molecule has 1 aliphatic carbocycles. The van der Waals surface area contributed by atoms with Gasteiger partial charge >= 0.3 is 0 Å². The van der Waals surface area contributed by atoms with E-state index in [1.165, 1.54) is 5.56 Å². The topological polar surface area (TPSA) is 29.5 Å². The normalized spacial score (nSPS) is 21.7. The standard InChI is InChI=1S/C15H19NO2/c1-12-5-2-6-13(11-12)15(7-3-8-15)14(17)16-9-4-10-18-16/h2,5-6,11H,3-4,7-10H2,1H3. The number of benzene rings is 1. The minimum atomic E-state index is -0.309. The number of carbonyl (C=O) groups excluding carboxylic acids is 1. The van der Waals surface area contributed by atoms with Crippen molar-refractivity contribution >= 4 is 5.91 Å². The summed E-state index contributed by atoms with van der Waals surface area (Å²) in [6.45, 7) is 3.49. The monoisotopic (exact) mass is 245 g/mol. The smallest absolute Gasteiger partial charge is 0.256 e. The van der Waals surface area contributed by atoms with Gasteiger partial charge in [-0.05, 0) is 31.7 Å². The molecule has 1 saturated heterocycles. The summed E-state index contributed by atoms with van der Waals surface area (Å²) in [5, 5.41) is 1.58. The average molecular weight is 245 g/mol. The zero-order valence-corrected chi connectivity index (χ0v) is 10.8. The second-order valence-electron chi connectivity index (χ2n) is 5.40. The predicted octanol–water partition coefficient (Wildman–Crippen LogP) is 2.58. The van der Waals surface area contributed by atoms with Crippen LogP contribution in [0.5, 0.6) is 0 Å². The maximum Gasteiger partial charge on any atom is 0.256 e. The summed E-state index contributed by atoms with van der Waals surface area (Å²) in [5.74, 6) is 0.164. The molecule has 1 aromatic carbocycles. The fraction of sp³-hybridized carbons (Fsp3) is 0.533. The summed E-state index contributed by atoms with van der Waals surface area (Å²) in [4.78, 5) is 18.1. The molecule has 96 valence electrons. The highest BCUT2D eigenvalue weighted by Crippen LogP contribution is 2.45. The van der Waals surface area contributed by atoms with Gasteiger partial charge in [0.1, 0.15) is 0 Å². The molecule has 0 atom stereocenters. The van der Waals surface area contributed by atoms with Crippen molar-refractivity contribution in [2.24, 2.45) is 0 Å². The molecular formula is C15H19NO2. The van der Waals surface area contributed by atoms with Crippen molar-refractivity contribution in [1.82, 2.24) is 5.06 Å². The second-order valence-corrected chi connectivity index (χ2v) is 5.40. The van der Waals surface area contributed by atoms with Gasteiger partial charge in [0.25, 0.3) is 5.91 Å². The van der Waals surface area contributed by atoms with E-state index in [1.807, 2.05) is 6.07 Å². The lowest BCUT2D eigenvalue weighted by Gasteiger charge is -2.42. The Balaban J connectivity index is 1.92. The zero-order valence-electron chi connectivity index (χ0n) is 10.8. The van der Waals surface area contributed by atoms with Crippen LogP contribution in [0.2, 0.25) is 0 Å². The van der Waals surface area contributed by atoms with Gasteiger partial charge in [0.15, 0.2) is 0 Å². The summed E-state index contributed by atoms with van der Waals surface area (Å²) < 4.78 is 0. The molecule has 3 heteroatoms. The molecule has 1 saturated carbocycles. The van der Waals surface area contributed by atoms with Gasteiger partial charge in [-0.1, -0.05) is 36.2 Å². The molecule has 1 aromatic rings. The van der Waals surface area contributed by atoms with E-state index in [0.717, 1.165) is 37.8 Å². The van der Waals surface area contributed by atoms with Crippen molar-refractivity contribution in [3.05, 3.63) is 35.4 Å². The molecule has 0 radical (unpaired) electrons. The Bertz CT molecular complexity index is 459. The van der Waals surface area contributed by atoms with Gasteiger partial charge in [-0.25, -0.2) is 5.06 Å². The molecule has 0 aromatic heterocycles. The van der Waals surface area contributed by atoms with E-state index in [2.05, 4.69) is 25.1 Å². The van der Waals surface area contributed by atoms with Crippen molar-refractivity contribution in [1.29, 1.82) is 0 Å². The lowest BCUT2D eigenvalue weighted by molar-refractivity contribution is -0.179. The number of aryl methyl sites for hydroxylation is 1. The van der Waals surface area contributed by atoms with Crippen LogP contribution in [0.25, 0.3) is 0 Å². The van der Waals surface area contributed by atoms with E-state index < -0.39 is 0 Å². The van der Waals surface area contributed by atoms with Crippen molar-refractivity contribution in [2.45, 2.75) is 38.0 Å². The minimum Gasteiger partial charge on any atom is -0.272 e. The quantitative estimate of drug-likeness (QED) is 0.801. The zero-order chi connectivity index (χ0) is 12.6. The van der Waals surface area contributed by atoms with Crippen LogP contribution in [0.15, 0.2) is 24.3 Å². The van der Waals surface area contributed by atoms with E-state index in [4.69, 9.17) is 4.84 Å². The molecule has 3 nitrogen and oxygen atoms in total. The molecule has 1 amide bonds. The molecule has 2 fully saturated rings. The van der Waals surface area contributed by atoms with Crippen molar-refractivity contribution in [3.63, 3.8) is 0 Å². The van der Waals surface area contributed by atoms with Gasteiger partial charge in [-0.3, -0.25) is 9.63 Å². The lowest BCUT2D eigenvalue weighted by Crippen LogP contribution is -2.49. The van der Waals surface area contributed by atoms with Crippen molar-refractivity contribution in [3.8, 4) is 0 Å². The first-order chi connectivity index (χ1) is 8.72. The molecule has 2 aliphatic rings. The first-order valence-corrected chi connectivity index (χ1v) is 6.74. The van der Waals surface area contributed by atoms with Crippen LogP contribution in [0, 0.1) is 6.92 Å². The Hall–Kier alpha value is -1.35. The maximum absolute atomic E-state index is 12.7. The molecule has 0 unspecified atom stereocenters. The number of hydroxylamine groups is 2. The Morgan fingerprint density at radius 1 is 1.33 bits per heavy atom. The maximum atomic E-state index is 12.7. The third kappa shape index (κ3) is 1.74. The Labute approximate surface area is 108 Å². The van der Waals surface area contributed by atoms with Gasteiger partial charge in [0, 0.05) is 0 Å². The van der Waals surface area contributed by atoms with Crippen LogP contribution in [0.1, 0.15) is 36.8 Å². The number of rotatable bonds is 2. The first-order valence-electron chi connectivity index (χ1n) is 6.74. The van der Waals surface area contributed by atoms with Crippen LogP contribution in [0.3, 0.4) is 0 Å². The number of carbonyl (C=O) groups is 1. The molecular weight excluding hydrogens is 226 g/mol. The van der Waals surface area contributed by atoms with Crippen LogP contribution in [-0.2, 0) is 15.0 Å². The lowest BCUT2D eigenvalue weighted by atomic mass is 9.63. The molecule has 0 N–H and O–H groups in total. The first kappa shape index (κ1) is 11.7. The summed E-state index contributed by atoms with van der Waals surface area (Å²) in [5.41, 5.74) is 2.07. The number of nitrogens with zero attached hydrogens (tertiary/aromatic N) is 1. The number of amides is 1. The van der Waals surface area contributed by atoms with Crippen molar-refractivity contribution < 1.29 is 9.63 Å². The Kier molecular flexibility index (Phi) is 2.86. The number of hydrogen-bond donors (Lipinski definition) is 0. The fourth-order valence-electron chi connectivity index (χ4n) is 2.95. The molecule has 3 rings (SSSR count). The summed E-state index contributed by atoms with van der Waals surface area (Å²) >= 11 is 0. The highest BCUT2D eigenvalue weighted by Gasteiger charge is 2.48. The van der Waals surface area contributed by atoms with E-state index in [0.29, 0.717) is 6.61 Å². The molecule has 0 spiro atoms.